The van der Waals surface area contributed by atoms with Crippen LogP contribution in [-0.2, 0) is 6.42 Å². The number of halogens is 3. The molecule has 13 heavy (non-hydrogen) atoms. The Morgan fingerprint density at radius 2 is 1.77 bits per heavy atom. The lowest BCUT2D eigenvalue weighted by Crippen LogP contribution is -2.36. The zero-order chi connectivity index (χ0) is 9.90. The monoisotopic (exact) mass is 187 g/mol. The van der Waals surface area contributed by atoms with E-state index in [1.807, 2.05) is 6.92 Å². The molecule has 1 aromatic rings. The maximum atomic E-state index is 12.4. The molecule has 0 spiro atoms. The third-order valence-electron chi connectivity index (χ3n) is 1.93. The molecule has 0 aliphatic rings. The maximum absolute atomic E-state index is 12.4. The molecule has 1 aromatic carbocycles. The largest absolute Gasteiger partial charge is 0.509 e. The van der Waals surface area contributed by atoms with Gasteiger partial charge in [0.1, 0.15) is 0 Å². The Kier molecular flexibility index (Phi) is 3.01. The molecule has 0 N–H and O–H groups in total. The van der Waals surface area contributed by atoms with Crippen molar-refractivity contribution in [1.82, 2.24) is 0 Å². The molecule has 0 fully saturated rings. The highest BCUT2D eigenvalue weighted by molar-refractivity contribution is 6.74. The SMILES string of the molecule is CCCc1ccccc1[B-](F)(F)F. The summed E-state index contributed by atoms with van der Waals surface area (Å²) in [6.07, 6.45) is 1.24. The zero-order valence-corrected chi connectivity index (χ0v) is 7.43. The molecule has 0 aromatic heterocycles. The van der Waals surface area contributed by atoms with Crippen LogP contribution in [0.4, 0.5) is 12.9 Å². The van der Waals surface area contributed by atoms with Crippen LogP contribution in [0.5, 0.6) is 0 Å². The lowest BCUT2D eigenvalue weighted by atomic mass is 9.76. The number of hydrogen-bond donors (Lipinski definition) is 0. The van der Waals surface area contributed by atoms with Gasteiger partial charge in [-0.25, -0.2) is 0 Å². The van der Waals surface area contributed by atoms with Crippen LogP contribution in [0, 0.1) is 0 Å². The predicted octanol–water partition coefficient (Wildman–Crippen LogP) is 2.69. The third-order valence-corrected chi connectivity index (χ3v) is 1.93. The highest BCUT2D eigenvalue weighted by Gasteiger charge is 2.27. The quantitative estimate of drug-likeness (QED) is 0.638. The fraction of sp³-hybridized carbons (Fsp3) is 0.333. The van der Waals surface area contributed by atoms with Gasteiger partial charge in [-0.1, -0.05) is 43.2 Å². The highest BCUT2D eigenvalue weighted by Crippen LogP contribution is 2.13. The lowest BCUT2D eigenvalue weighted by Gasteiger charge is -2.18. The van der Waals surface area contributed by atoms with Gasteiger partial charge in [-0.15, -0.1) is 5.46 Å². The molecule has 0 saturated carbocycles. The van der Waals surface area contributed by atoms with Crippen LogP contribution in [0.3, 0.4) is 0 Å². The lowest BCUT2D eigenvalue weighted by molar-refractivity contribution is 0.500. The Balaban J connectivity index is 3.05. The minimum atomic E-state index is -4.85. The number of aryl methyl sites for hydroxylation is 1. The van der Waals surface area contributed by atoms with E-state index in [1.165, 1.54) is 6.07 Å². The smallest absolute Gasteiger partial charge is 0.445 e. The average molecular weight is 187 g/mol. The zero-order valence-electron chi connectivity index (χ0n) is 7.43. The van der Waals surface area contributed by atoms with Gasteiger partial charge in [0.2, 0.25) is 0 Å². The first-order chi connectivity index (χ1) is 6.05. The predicted molar refractivity (Wildman–Crippen MR) is 49.1 cm³/mol. The summed E-state index contributed by atoms with van der Waals surface area (Å²) in [6, 6.07) is 5.79. The van der Waals surface area contributed by atoms with Crippen molar-refractivity contribution in [3.63, 3.8) is 0 Å². The van der Waals surface area contributed by atoms with Crippen LogP contribution in [0.1, 0.15) is 18.9 Å². The summed E-state index contributed by atoms with van der Waals surface area (Å²) >= 11 is 0. The fourth-order valence-electron chi connectivity index (χ4n) is 1.35. The van der Waals surface area contributed by atoms with Crippen molar-refractivity contribution in [1.29, 1.82) is 0 Å². The molecule has 1 rings (SSSR count). The Labute approximate surface area is 75.8 Å². The number of rotatable bonds is 3. The van der Waals surface area contributed by atoms with Crippen molar-refractivity contribution >= 4 is 12.4 Å². The van der Waals surface area contributed by atoms with Crippen molar-refractivity contribution < 1.29 is 12.9 Å². The van der Waals surface area contributed by atoms with Crippen molar-refractivity contribution in [2.45, 2.75) is 19.8 Å². The van der Waals surface area contributed by atoms with E-state index in [0.717, 1.165) is 12.5 Å². The van der Waals surface area contributed by atoms with E-state index in [-0.39, 0.29) is 0 Å². The molecule has 0 unspecified atom stereocenters. The summed E-state index contributed by atoms with van der Waals surface area (Å²) < 4.78 is 37.3. The summed E-state index contributed by atoms with van der Waals surface area (Å²) in [5.74, 6) is 0. The van der Waals surface area contributed by atoms with Gasteiger partial charge in [-0.05, 0) is 6.42 Å². The first-order valence-electron chi connectivity index (χ1n) is 4.33. The minimum absolute atomic E-state index is 0.414. The second-order valence-corrected chi connectivity index (χ2v) is 3.02. The van der Waals surface area contributed by atoms with Crippen LogP contribution in [-0.4, -0.2) is 6.98 Å². The van der Waals surface area contributed by atoms with Crippen LogP contribution in [0.15, 0.2) is 24.3 Å². The standard InChI is InChI=1S/C9H11BF3/c1-2-5-8-6-3-4-7-9(8)10(11,12)13/h3-4,6-7H,2,5H2,1H3/q-1. The Hall–Kier alpha value is -0.925. The van der Waals surface area contributed by atoms with E-state index in [4.69, 9.17) is 0 Å². The summed E-state index contributed by atoms with van der Waals surface area (Å²) in [7, 11) is 0. The first-order valence-corrected chi connectivity index (χ1v) is 4.33. The Morgan fingerprint density at radius 3 is 2.31 bits per heavy atom. The molecule has 0 nitrogen and oxygen atoms in total. The van der Waals surface area contributed by atoms with Crippen LogP contribution in [0.2, 0.25) is 0 Å². The van der Waals surface area contributed by atoms with Gasteiger partial charge >= 0.3 is 6.98 Å². The molecule has 72 valence electrons. The van der Waals surface area contributed by atoms with Gasteiger partial charge in [-0.3, -0.25) is 0 Å². The normalized spacial score (nSPS) is 11.7. The number of hydrogen-bond acceptors (Lipinski definition) is 0. The van der Waals surface area contributed by atoms with Crippen LogP contribution >= 0.6 is 0 Å². The molecule has 0 atom stereocenters. The molecule has 0 heterocycles. The average Bonchev–Trinajstić information content (AvgIpc) is 2.04. The van der Waals surface area contributed by atoms with E-state index < -0.39 is 12.4 Å². The number of benzene rings is 1. The molecule has 0 amide bonds. The van der Waals surface area contributed by atoms with Crippen LogP contribution < -0.4 is 5.46 Å². The van der Waals surface area contributed by atoms with Crippen molar-refractivity contribution in [2.24, 2.45) is 0 Å². The molecule has 0 bridgehead atoms. The first kappa shape index (κ1) is 10.2. The molecular weight excluding hydrogens is 176 g/mol. The molecule has 4 heteroatoms. The van der Waals surface area contributed by atoms with E-state index >= 15 is 0 Å². The Morgan fingerprint density at radius 1 is 1.15 bits per heavy atom. The summed E-state index contributed by atoms with van der Waals surface area (Å²) in [6.45, 7) is -2.97. The topological polar surface area (TPSA) is 0 Å². The maximum Gasteiger partial charge on any atom is 0.509 e. The molecule has 0 saturated heterocycles. The van der Waals surface area contributed by atoms with Gasteiger partial charge in [0.25, 0.3) is 0 Å². The second-order valence-electron chi connectivity index (χ2n) is 3.02. The summed E-state index contributed by atoms with van der Waals surface area (Å²) in [5.41, 5.74) is -0.0261. The van der Waals surface area contributed by atoms with Gasteiger partial charge < -0.3 is 12.9 Å². The minimum Gasteiger partial charge on any atom is -0.445 e. The summed E-state index contributed by atoms with van der Waals surface area (Å²) in [4.78, 5) is 0. The van der Waals surface area contributed by atoms with E-state index in [9.17, 15) is 12.9 Å². The van der Waals surface area contributed by atoms with Gasteiger partial charge in [0, 0.05) is 0 Å². The molecule has 0 aliphatic carbocycles. The van der Waals surface area contributed by atoms with Crippen molar-refractivity contribution in [3.8, 4) is 0 Å². The molecule has 0 radical (unpaired) electrons. The fourth-order valence-corrected chi connectivity index (χ4v) is 1.35. The van der Waals surface area contributed by atoms with Crippen LogP contribution in [0.25, 0.3) is 0 Å². The molecule has 0 aliphatic heterocycles. The van der Waals surface area contributed by atoms with Crippen molar-refractivity contribution in [3.05, 3.63) is 29.8 Å². The van der Waals surface area contributed by atoms with Gasteiger partial charge in [0.15, 0.2) is 0 Å². The van der Waals surface area contributed by atoms with Gasteiger partial charge in [0.05, 0.1) is 0 Å². The van der Waals surface area contributed by atoms with Gasteiger partial charge in [-0.2, -0.15) is 0 Å². The third kappa shape index (κ3) is 2.51. The summed E-state index contributed by atoms with van der Waals surface area (Å²) in [5, 5.41) is 0. The molecular formula is C9H11BF3-. The van der Waals surface area contributed by atoms with E-state index in [2.05, 4.69) is 0 Å². The van der Waals surface area contributed by atoms with E-state index in [1.54, 1.807) is 12.1 Å². The highest BCUT2D eigenvalue weighted by atomic mass is 19.4. The second kappa shape index (κ2) is 3.86. The Bertz CT molecular complexity index is 280. The van der Waals surface area contributed by atoms with Crippen molar-refractivity contribution in [2.75, 3.05) is 0 Å². The van der Waals surface area contributed by atoms with E-state index in [0.29, 0.717) is 12.0 Å².